The molecule has 1 fully saturated rings. The predicted molar refractivity (Wildman–Crippen MR) is 177 cm³/mol. The van der Waals surface area contributed by atoms with Crippen LogP contribution in [0.25, 0.3) is 0 Å². The average Bonchev–Trinajstić information content (AvgIpc) is 3.54. The van der Waals surface area contributed by atoms with Gasteiger partial charge in [-0.1, -0.05) is 16.8 Å². The van der Waals surface area contributed by atoms with E-state index < -0.39 is 23.9 Å². The molecule has 0 radical (unpaired) electrons. The van der Waals surface area contributed by atoms with Gasteiger partial charge in [0, 0.05) is 37.1 Å². The summed E-state index contributed by atoms with van der Waals surface area (Å²) in [5, 5.41) is 13.7. The van der Waals surface area contributed by atoms with E-state index in [-0.39, 0.29) is 17.7 Å². The van der Waals surface area contributed by atoms with Crippen LogP contribution in [-0.2, 0) is 27.2 Å². The highest BCUT2D eigenvalue weighted by molar-refractivity contribution is 6.41. The Labute approximate surface area is 301 Å². The Balaban J connectivity index is 0.000000390. The Morgan fingerprint density at radius 3 is 2.26 bits per heavy atom. The van der Waals surface area contributed by atoms with Gasteiger partial charge in [0.15, 0.2) is 5.82 Å². The summed E-state index contributed by atoms with van der Waals surface area (Å²) in [4.78, 5) is 60.1. The maximum atomic E-state index is 13.1. The van der Waals surface area contributed by atoms with Crippen molar-refractivity contribution in [3.8, 4) is 0 Å². The lowest BCUT2D eigenvalue weighted by atomic mass is 9.92. The standard InChI is InChI=1S/C29H29ClN8O3.C4F6O2/c1-17-23(15-33-41-17)28(40)38-8-6-18(7-9-38)11-26(39)36-25-5-4-21-12-20(25)3-2-19-10-22(14-31-13-19)35-29-32-16-24(30)27(34-21)37-29;5-3(6,7)1(11)2(12)4(8,9)10/h4-5,10,12-16,18H,2-3,6-9,11H2,1H3,(H,36,39)(H2,32,34,35,37);. The SMILES string of the molecule is Cc1oncc1C(=O)N1CCC(CC(=O)Nc2ccc3cc2CCc2cncc(c2)Nc2ncc(Cl)c(n2)N3)CC1.O=C(C(=O)C(F)(F)F)C(F)(F)F. The van der Waals surface area contributed by atoms with E-state index in [1.165, 1.54) is 6.20 Å². The van der Waals surface area contributed by atoms with Crippen LogP contribution < -0.4 is 16.0 Å². The molecule has 2 aliphatic rings. The number of likely N-dealkylation sites (tertiary alicyclic amines) is 1. The molecule has 0 saturated carbocycles. The number of hydrogen-bond acceptors (Lipinski definition) is 11. The molecule has 4 aromatic rings. The lowest BCUT2D eigenvalue weighted by molar-refractivity contribution is -0.193. The summed E-state index contributed by atoms with van der Waals surface area (Å²) in [6, 6.07) is 7.82. The number of carbonyl (C=O) groups is 4. The molecule has 2 aliphatic heterocycles. The number of nitrogens with one attached hydrogen (secondary N) is 3. The third kappa shape index (κ3) is 10.1. The molecular formula is C33H29ClF6N8O5. The van der Waals surface area contributed by atoms with Crippen LogP contribution in [0.15, 0.2) is 53.6 Å². The van der Waals surface area contributed by atoms with Crippen molar-refractivity contribution in [1.29, 1.82) is 0 Å². The fourth-order valence-electron chi connectivity index (χ4n) is 5.49. The first-order chi connectivity index (χ1) is 25.0. The molecule has 53 heavy (non-hydrogen) atoms. The number of rotatable bonds is 5. The van der Waals surface area contributed by atoms with Crippen molar-refractivity contribution in [3.63, 3.8) is 0 Å². The molecule has 0 unspecified atom stereocenters. The molecule has 13 nitrogen and oxygen atoms in total. The Bertz CT molecular complexity index is 1990. The highest BCUT2D eigenvalue weighted by atomic mass is 35.5. The molecule has 20 heteroatoms. The Morgan fingerprint density at radius 1 is 0.925 bits per heavy atom. The maximum Gasteiger partial charge on any atom is 0.458 e. The molecule has 3 N–H and O–H groups in total. The lowest BCUT2D eigenvalue weighted by Gasteiger charge is -2.31. The third-order valence-electron chi connectivity index (χ3n) is 8.20. The van der Waals surface area contributed by atoms with Crippen molar-refractivity contribution in [2.75, 3.05) is 29.0 Å². The zero-order valence-electron chi connectivity index (χ0n) is 27.6. The Kier molecular flexibility index (Phi) is 11.6. The van der Waals surface area contributed by atoms with Gasteiger partial charge in [-0.25, -0.2) is 4.98 Å². The number of benzene rings is 1. The number of fused-ring (bicyclic) bond motifs is 6. The number of hydrogen-bond donors (Lipinski definition) is 3. The highest BCUT2D eigenvalue weighted by Gasteiger charge is 2.54. The van der Waals surface area contributed by atoms with E-state index in [0.29, 0.717) is 54.0 Å². The smallest absolute Gasteiger partial charge is 0.361 e. The van der Waals surface area contributed by atoms with E-state index in [1.54, 1.807) is 24.2 Å². The van der Waals surface area contributed by atoms with Crippen molar-refractivity contribution >= 4 is 63.8 Å². The summed E-state index contributed by atoms with van der Waals surface area (Å²) in [6.07, 6.45) is -1.64. The lowest BCUT2D eigenvalue weighted by Crippen LogP contribution is -2.39. The molecule has 0 aliphatic carbocycles. The molecule has 6 bridgehead atoms. The number of carbonyl (C=O) groups excluding carboxylic acids is 4. The minimum absolute atomic E-state index is 0.0409. The van der Waals surface area contributed by atoms with Crippen LogP contribution in [0.2, 0.25) is 5.02 Å². The van der Waals surface area contributed by atoms with Crippen molar-refractivity contribution < 1.29 is 50.0 Å². The molecule has 2 amide bonds. The van der Waals surface area contributed by atoms with Gasteiger partial charge in [0.05, 0.1) is 24.3 Å². The number of aryl methyl sites for hydroxylation is 3. The van der Waals surface area contributed by atoms with Crippen molar-refractivity contribution in [2.45, 2.75) is 51.4 Å². The molecule has 0 atom stereocenters. The molecule has 0 spiro atoms. The summed E-state index contributed by atoms with van der Waals surface area (Å²) < 4.78 is 72.0. The minimum Gasteiger partial charge on any atom is -0.361 e. The van der Waals surface area contributed by atoms with E-state index in [0.717, 1.165) is 47.5 Å². The van der Waals surface area contributed by atoms with Crippen LogP contribution in [0.3, 0.4) is 0 Å². The zero-order valence-corrected chi connectivity index (χ0v) is 28.3. The number of ketones is 2. The van der Waals surface area contributed by atoms with Crippen molar-refractivity contribution in [1.82, 2.24) is 25.0 Å². The number of amides is 2. The summed E-state index contributed by atoms with van der Waals surface area (Å²) >= 11 is 6.37. The number of pyridine rings is 1. The minimum atomic E-state index is -5.77. The van der Waals surface area contributed by atoms with Crippen LogP contribution in [0.1, 0.15) is 46.5 Å². The highest BCUT2D eigenvalue weighted by Crippen LogP contribution is 2.30. The Hall–Kier alpha value is -5.59. The number of alkyl halides is 6. The fourth-order valence-corrected chi connectivity index (χ4v) is 5.63. The van der Waals surface area contributed by atoms with Gasteiger partial charge in [-0.3, -0.25) is 24.2 Å². The molecule has 3 aromatic heterocycles. The van der Waals surface area contributed by atoms with Gasteiger partial charge in [-0.05, 0) is 73.9 Å². The first-order valence-corrected chi connectivity index (χ1v) is 16.2. The number of Topliss-reactive ketones (excluding diaryl/α,β-unsaturated/α-hetero) is 2. The quantitative estimate of drug-likeness (QED) is 0.149. The molecule has 1 saturated heterocycles. The topological polar surface area (TPSA) is 172 Å². The second-order valence-corrected chi connectivity index (χ2v) is 12.4. The van der Waals surface area contributed by atoms with E-state index in [4.69, 9.17) is 16.1 Å². The van der Waals surface area contributed by atoms with Crippen LogP contribution >= 0.6 is 11.6 Å². The van der Waals surface area contributed by atoms with Crippen LogP contribution in [0.5, 0.6) is 0 Å². The van der Waals surface area contributed by atoms with Gasteiger partial charge in [0.1, 0.15) is 16.3 Å². The first-order valence-electron chi connectivity index (χ1n) is 15.8. The zero-order chi connectivity index (χ0) is 38.5. The largest absolute Gasteiger partial charge is 0.458 e. The fraction of sp³-hybridized carbons (Fsp3) is 0.333. The summed E-state index contributed by atoms with van der Waals surface area (Å²) in [6.45, 7) is 2.93. The molecular weight excluding hydrogens is 738 g/mol. The van der Waals surface area contributed by atoms with Crippen molar-refractivity contribution in [2.24, 2.45) is 5.92 Å². The number of halogens is 7. The maximum absolute atomic E-state index is 13.1. The third-order valence-corrected chi connectivity index (χ3v) is 8.47. The van der Waals surface area contributed by atoms with Gasteiger partial charge in [0.2, 0.25) is 11.9 Å². The predicted octanol–water partition coefficient (Wildman–Crippen LogP) is 6.54. The van der Waals surface area contributed by atoms with E-state index in [1.807, 2.05) is 30.5 Å². The second kappa shape index (κ2) is 16.0. The number of anilines is 5. The number of aromatic nitrogens is 4. The average molecular weight is 767 g/mol. The molecule has 280 valence electrons. The molecule has 1 aromatic carbocycles. The number of nitrogens with zero attached hydrogens (tertiary/aromatic N) is 5. The van der Waals surface area contributed by atoms with Gasteiger partial charge in [0.25, 0.3) is 5.91 Å². The summed E-state index contributed by atoms with van der Waals surface area (Å²) in [7, 11) is 0. The van der Waals surface area contributed by atoms with E-state index in [9.17, 15) is 45.5 Å². The summed E-state index contributed by atoms with van der Waals surface area (Å²) in [5.74, 6) is -5.33. The van der Waals surface area contributed by atoms with Gasteiger partial charge < -0.3 is 25.4 Å². The second-order valence-electron chi connectivity index (χ2n) is 12.0. The van der Waals surface area contributed by atoms with Crippen LogP contribution in [0.4, 0.5) is 55.2 Å². The van der Waals surface area contributed by atoms with E-state index in [2.05, 4.69) is 36.1 Å². The normalized spacial score (nSPS) is 14.5. The molecule has 5 heterocycles. The summed E-state index contributed by atoms with van der Waals surface area (Å²) in [5.41, 5.74) is 4.86. The van der Waals surface area contributed by atoms with Crippen LogP contribution in [-0.4, -0.2) is 73.8 Å². The van der Waals surface area contributed by atoms with Gasteiger partial charge >= 0.3 is 23.9 Å². The van der Waals surface area contributed by atoms with Crippen LogP contribution in [0, 0.1) is 12.8 Å². The number of piperidine rings is 1. The van der Waals surface area contributed by atoms with Gasteiger partial charge in [-0.15, -0.1) is 0 Å². The molecule has 6 rings (SSSR count). The van der Waals surface area contributed by atoms with Crippen molar-refractivity contribution in [3.05, 3.63) is 76.5 Å². The van der Waals surface area contributed by atoms with Gasteiger partial charge in [-0.2, -0.15) is 31.3 Å². The first kappa shape index (κ1) is 38.6. The van der Waals surface area contributed by atoms with E-state index >= 15 is 0 Å². The monoisotopic (exact) mass is 766 g/mol. The Morgan fingerprint density at radius 2 is 1.62 bits per heavy atom.